The highest BCUT2D eigenvalue weighted by molar-refractivity contribution is 7.84. The zero-order chi connectivity index (χ0) is 12.8. The van der Waals surface area contributed by atoms with Crippen molar-refractivity contribution >= 4 is 22.6 Å². The Bertz CT molecular complexity index is 320. The van der Waals surface area contributed by atoms with Crippen LogP contribution in [0.1, 0.15) is 26.2 Å². The molecule has 1 N–H and O–H groups in total. The van der Waals surface area contributed by atoms with E-state index in [9.17, 15) is 13.8 Å². The predicted octanol–water partition coefficient (Wildman–Crippen LogP) is -0.118. The lowest BCUT2D eigenvalue weighted by Crippen LogP contribution is -2.45. The Labute approximate surface area is 104 Å². The lowest BCUT2D eigenvalue weighted by molar-refractivity contribution is -0.133. The van der Waals surface area contributed by atoms with E-state index in [2.05, 4.69) is 5.32 Å². The second kappa shape index (κ2) is 6.74. The van der Waals surface area contributed by atoms with Crippen molar-refractivity contribution in [3.8, 4) is 0 Å². The fourth-order valence-corrected chi connectivity index (χ4v) is 2.32. The van der Waals surface area contributed by atoms with E-state index in [1.54, 1.807) is 11.2 Å². The van der Waals surface area contributed by atoms with Gasteiger partial charge >= 0.3 is 0 Å². The third-order valence-corrected chi connectivity index (χ3v) is 3.54. The lowest BCUT2D eigenvalue weighted by atomic mass is 10.1. The topological polar surface area (TPSA) is 66.5 Å². The second-order valence-corrected chi connectivity index (χ2v) is 5.82. The molecule has 1 rings (SSSR count). The molecule has 2 unspecified atom stereocenters. The van der Waals surface area contributed by atoms with E-state index in [4.69, 9.17) is 0 Å². The Kier molecular flexibility index (Phi) is 5.61. The summed E-state index contributed by atoms with van der Waals surface area (Å²) in [6.07, 6.45) is 3.47. The highest BCUT2D eigenvalue weighted by Gasteiger charge is 2.28. The summed E-state index contributed by atoms with van der Waals surface area (Å²) >= 11 is 0. The molecule has 6 heteroatoms. The minimum absolute atomic E-state index is 0.0387. The molecule has 17 heavy (non-hydrogen) atoms. The summed E-state index contributed by atoms with van der Waals surface area (Å²) in [5.74, 6) is 0.360. The fraction of sp³-hybridized carbons (Fsp3) is 0.818. The lowest BCUT2D eigenvalue weighted by Gasteiger charge is -2.23. The Hall–Kier alpha value is -0.910. The molecule has 0 aromatic heterocycles. The first-order valence-corrected chi connectivity index (χ1v) is 7.65. The van der Waals surface area contributed by atoms with Crippen LogP contribution in [0.2, 0.25) is 0 Å². The van der Waals surface area contributed by atoms with Crippen LogP contribution < -0.4 is 5.32 Å². The second-order valence-electron chi connectivity index (χ2n) is 4.26. The van der Waals surface area contributed by atoms with Gasteiger partial charge in [-0.1, -0.05) is 13.3 Å². The number of nitrogens with one attached hydrogen (secondary N) is 1. The van der Waals surface area contributed by atoms with Crippen LogP contribution >= 0.6 is 0 Å². The SMILES string of the molecule is CCCC1NC(=O)CCN(CCS(C)=O)C1=O. The van der Waals surface area contributed by atoms with Gasteiger partial charge in [0.1, 0.15) is 6.04 Å². The van der Waals surface area contributed by atoms with Gasteiger partial charge in [0.15, 0.2) is 0 Å². The third-order valence-electron chi connectivity index (χ3n) is 2.78. The Morgan fingerprint density at radius 3 is 2.76 bits per heavy atom. The molecule has 2 amide bonds. The van der Waals surface area contributed by atoms with E-state index >= 15 is 0 Å². The van der Waals surface area contributed by atoms with Crippen molar-refractivity contribution in [1.82, 2.24) is 10.2 Å². The molecule has 1 fully saturated rings. The maximum atomic E-state index is 12.1. The number of hydrogen-bond acceptors (Lipinski definition) is 3. The molecule has 0 aliphatic carbocycles. The average Bonchev–Trinajstić information content (AvgIpc) is 2.39. The monoisotopic (exact) mass is 260 g/mol. The van der Waals surface area contributed by atoms with Crippen molar-refractivity contribution in [2.75, 3.05) is 25.1 Å². The molecule has 0 aromatic carbocycles. The van der Waals surface area contributed by atoms with Crippen molar-refractivity contribution in [3.63, 3.8) is 0 Å². The van der Waals surface area contributed by atoms with E-state index in [1.807, 2.05) is 6.92 Å². The molecule has 0 radical (unpaired) electrons. The summed E-state index contributed by atoms with van der Waals surface area (Å²) in [6, 6.07) is -0.403. The minimum Gasteiger partial charge on any atom is -0.344 e. The molecule has 1 aliphatic rings. The van der Waals surface area contributed by atoms with Crippen molar-refractivity contribution < 1.29 is 13.8 Å². The average molecular weight is 260 g/mol. The summed E-state index contributed by atoms with van der Waals surface area (Å²) in [6.45, 7) is 2.88. The molecule has 0 aromatic rings. The molecular weight excluding hydrogens is 240 g/mol. The van der Waals surface area contributed by atoms with Crippen molar-refractivity contribution in [1.29, 1.82) is 0 Å². The first-order chi connectivity index (χ1) is 8.04. The van der Waals surface area contributed by atoms with E-state index in [1.165, 1.54) is 0 Å². The number of amides is 2. The number of nitrogens with zero attached hydrogens (tertiary/aromatic N) is 1. The fourth-order valence-electron chi connectivity index (χ4n) is 1.84. The van der Waals surface area contributed by atoms with Gasteiger partial charge in [-0.25, -0.2) is 0 Å². The quantitative estimate of drug-likeness (QED) is 0.749. The van der Waals surface area contributed by atoms with Crippen LogP contribution in [0.15, 0.2) is 0 Å². The molecule has 1 heterocycles. The molecule has 2 atom stereocenters. The summed E-state index contributed by atoms with van der Waals surface area (Å²) in [7, 11) is -0.911. The molecule has 0 spiro atoms. The van der Waals surface area contributed by atoms with Gasteiger partial charge in [-0.2, -0.15) is 0 Å². The smallest absolute Gasteiger partial charge is 0.245 e. The highest BCUT2D eigenvalue weighted by Crippen LogP contribution is 2.08. The zero-order valence-corrected chi connectivity index (χ0v) is 11.2. The summed E-state index contributed by atoms with van der Waals surface area (Å²) in [4.78, 5) is 25.2. The van der Waals surface area contributed by atoms with Crippen molar-refractivity contribution in [2.24, 2.45) is 0 Å². The molecule has 0 bridgehead atoms. The highest BCUT2D eigenvalue weighted by atomic mass is 32.2. The Morgan fingerprint density at radius 2 is 2.18 bits per heavy atom. The number of carbonyl (C=O) groups is 2. The molecular formula is C11H20N2O3S. The van der Waals surface area contributed by atoms with Crippen LogP contribution in [0.3, 0.4) is 0 Å². The van der Waals surface area contributed by atoms with Crippen LogP contribution in [0.4, 0.5) is 0 Å². The Morgan fingerprint density at radius 1 is 1.47 bits per heavy atom. The van der Waals surface area contributed by atoms with Crippen LogP contribution in [0.5, 0.6) is 0 Å². The van der Waals surface area contributed by atoms with E-state index in [0.29, 0.717) is 31.7 Å². The number of rotatable bonds is 5. The van der Waals surface area contributed by atoms with Crippen molar-refractivity contribution in [2.45, 2.75) is 32.2 Å². The van der Waals surface area contributed by atoms with Gasteiger partial charge in [0.25, 0.3) is 0 Å². The van der Waals surface area contributed by atoms with Crippen molar-refractivity contribution in [3.05, 3.63) is 0 Å². The van der Waals surface area contributed by atoms with Gasteiger partial charge in [-0.15, -0.1) is 0 Å². The first kappa shape index (κ1) is 14.2. The predicted molar refractivity (Wildman–Crippen MR) is 67.0 cm³/mol. The van der Waals surface area contributed by atoms with Gasteiger partial charge in [0.05, 0.1) is 0 Å². The van der Waals surface area contributed by atoms with Gasteiger partial charge in [0.2, 0.25) is 11.8 Å². The van der Waals surface area contributed by atoms with E-state index in [0.717, 1.165) is 6.42 Å². The van der Waals surface area contributed by atoms with Crippen LogP contribution in [-0.2, 0) is 20.4 Å². The van der Waals surface area contributed by atoms with Crippen LogP contribution in [0, 0.1) is 0 Å². The third kappa shape index (κ3) is 4.46. The van der Waals surface area contributed by atoms with Crippen LogP contribution in [-0.4, -0.2) is 52.1 Å². The summed E-state index contributed by atoms with van der Waals surface area (Å²) in [5.41, 5.74) is 0. The molecule has 98 valence electrons. The first-order valence-electron chi connectivity index (χ1n) is 5.92. The van der Waals surface area contributed by atoms with Gasteiger partial charge < -0.3 is 10.2 Å². The van der Waals surface area contributed by atoms with Gasteiger partial charge in [-0.3, -0.25) is 13.8 Å². The number of carbonyl (C=O) groups excluding carboxylic acids is 2. The van der Waals surface area contributed by atoms with E-state index in [-0.39, 0.29) is 11.8 Å². The van der Waals surface area contributed by atoms with Gasteiger partial charge in [-0.05, 0) is 6.42 Å². The normalized spacial score (nSPS) is 23.2. The maximum absolute atomic E-state index is 12.1. The minimum atomic E-state index is -0.911. The van der Waals surface area contributed by atoms with E-state index < -0.39 is 16.8 Å². The molecule has 1 saturated heterocycles. The Balaban J connectivity index is 2.65. The molecule has 1 aliphatic heterocycles. The van der Waals surface area contributed by atoms with Gasteiger partial charge in [0, 0.05) is 42.3 Å². The molecule has 0 saturated carbocycles. The maximum Gasteiger partial charge on any atom is 0.245 e. The van der Waals surface area contributed by atoms with Crippen LogP contribution in [0.25, 0.3) is 0 Å². The number of hydrogen-bond donors (Lipinski definition) is 1. The molecule has 5 nitrogen and oxygen atoms in total. The summed E-state index contributed by atoms with van der Waals surface area (Å²) < 4.78 is 11.0. The standard InChI is InChI=1S/C11H20N2O3S/c1-3-4-9-11(15)13(7-8-17(2)16)6-5-10(14)12-9/h9H,3-8H2,1-2H3,(H,12,14). The summed E-state index contributed by atoms with van der Waals surface area (Å²) in [5, 5.41) is 2.74. The largest absolute Gasteiger partial charge is 0.344 e. The zero-order valence-electron chi connectivity index (χ0n) is 10.4.